The maximum atomic E-state index is 12.4. The van der Waals surface area contributed by atoms with Gasteiger partial charge in [-0.3, -0.25) is 10.1 Å². The van der Waals surface area contributed by atoms with Crippen LogP contribution in [0.15, 0.2) is 66.0 Å². The van der Waals surface area contributed by atoms with Gasteiger partial charge < -0.3 is 10.1 Å². The minimum absolute atomic E-state index is 0.0269. The number of ether oxygens (including phenoxy) is 1. The lowest BCUT2D eigenvalue weighted by Gasteiger charge is -2.18. The third-order valence-electron chi connectivity index (χ3n) is 4.88. The summed E-state index contributed by atoms with van der Waals surface area (Å²) < 4.78 is 4.69. The first-order chi connectivity index (χ1) is 14.6. The quantitative estimate of drug-likeness (QED) is 0.510. The van der Waals surface area contributed by atoms with Gasteiger partial charge in [0.1, 0.15) is 0 Å². The number of aryl methyl sites for hydroxylation is 1. The predicted octanol–water partition coefficient (Wildman–Crippen LogP) is 4.09. The van der Waals surface area contributed by atoms with Crippen LogP contribution in [-0.4, -0.2) is 25.5 Å². The smallest absolute Gasteiger partial charge is 0.337 e. The minimum Gasteiger partial charge on any atom is -0.465 e. The van der Waals surface area contributed by atoms with Crippen LogP contribution < -0.4 is 10.6 Å². The molecule has 1 aromatic heterocycles. The van der Waals surface area contributed by atoms with Crippen LogP contribution >= 0.6 is 11.3 Å². The van der Waals surface area contributed by atoms with Crippen LogP contribution in [0.5, 0.6) is 0 Å². The number of methoxy groups -OCH3 is 1. The van der Waals surface area contributed by atoms with E-state index in [1.54, 1.807) is 23.5 Å². The zero-order valence-electron chi connectivity index (χ0n) is 17.2. The summed E-state index contributed by atoms with van der Waals surface area (Å²) in [5.41, 5.74) is 3.84. The Bertz CT molecular complexity index is 951. The van der Waals surface area contributed by atoms with Gasteiger partial charge in [0.25, 0.3) is 0 Å². The van der Waals surface area contributed by atoms with Crippen molar-refractivity contribution in [1.29, 1.82) is 0 Å². The molecule has 1 atom stereocenters. The Balaban J connectivity index is 1.57. The number of thiophene rings is 1. The molecule has 30 heavy (non-hydrogen) atoms. The number of carbonyl (C=O) groups excluding carboxylic acids is 2. The Morgan fingerprint density at radius 3 is 2.30 bits per heavy atom. The zero-order valence-corrected chi connectivity index (χ0v) is 18.0. The summed E-state index contributed by atoms with van der Waals surface area (Å²) in [6.07, 6.45) is 1.00. The van der Waals surface area contributed by atoms with E-state index in [1.807, 2.05) is 23.6 Å². The van der Waals surface area contributed by atoms with Gasteiger partial charge >= 0.3 is 5.97 Å². The topological polar surface area (TPSA) is 67.4 Å². The van der Waals surface area contributed by atoms with E-state index in [9.17, 15) is 9.59 Å². The fourth-order valence-corrected chi connectivity index (χ4v) is 3.95. The van der Waals surface area contributed by atoms with Crippen LogP contribution in [0.25, 0.3) is 0 Å². The molecule has 0 radical (unpaired) electrons. The van der Waals surface area contributed by atoms with E-state index in [4.69, 9.17) is 4.74 Å². The number of hydrogen-bond acceptors (Lipinski definition) is 5. The molecule has 1 heterocycles. The van der Waals surface area contributed by atoms with Crippen molar-refractivity contribution in [2.75, 3.05) is 13.7 Å². The predicted molar refractivity (Wildman–Crippen MR) is 120 cm³/mol. The molecule has 6 heteroatoms. The first-order valence-corrected chi connectivity index (χ1v) is 10.8. The number of nitrogens with one attached hydrogen (secondary N) is 2. The van der Waals surface area contributed by atoms with E-state index >= 15 is 0 Å². The standard InChI is InChI=1S/C24H26N2O3S/c1-3-17-6-10-19(11-7-17)23(21-5-4-14-30-21)26-16-22(27)25-15-18-8-12-20(13-9-18)24(28)29-2/h4-14,23,26H,3,15-16H2,1-2H3,(H,25,27)/t23-/m0/s1. The molecular weight excluding hydrogens is 396 g/mol. The van der Waals surface area contributed by atoms with Crippen molar-refractivity contribution in [3.8, 4) is 0 Å². The van der Waals surface area contributed by atoms with Crippen molar-refractivity contribution in [2.24, 2.45) is 0 Å². The molecule has 0 fully saturated rings. The maximum absolute atomic E-state index is 12.4. The second kappa shape index (κ2) is 10.7. The molecule has 1 amide bonds. The van der Waals surface area contributed by atoms with Crippen LogP contribution in [-0.2, 0) is 22.5 Å². The molecule has 3 rings (SSSR count). The van der Waals surface area contributed by atoms with Gasteiger partial charge in [0, 0.05) is 11.4 Å². The van der Waals surface area contributed by atoms with Crippen molar-refractivity contribution in [1.82, 2.24) is 10.6 Å². The SMILES string of the molecule is CCc1ccc([C@H](NCC(=O)NCc2ccc(C(=O)OC)cc2)c2cccs2)cc1. The van der Waals surface area contributed by atoms with Gasteiger partial charge in [-0.2, -0.15) is 0 Å². The average molecular weight is 423 g/mol. The average Bonchev–Trinajstić information content (AvgIpc) is 3.32. The van der Waals surface area contributed by atoms with Gasteiger partial charge in [-0.25, -0.2) is 4.79 Å². The van der Waals surface area contributed by atoms with Gasteiger partial charge in [-0.15, -0.1) is 11.3 Å². The molecule has 0 aliphatic carbocycles. The summed E-state index contributed by atoms with van der Waals surface area (Å²) in [5.74, 6) is -0.458. The Morgan fingerprint density at radius 1 is 1.00 bits per heavy atom. The molecule has 0 bridgehead atoms. The molecule has 0 aliphatic rings. The second-order valence-electron chi connectivity index (χ2n) is 6.89. The fraction of sp³-hybridized carbons (Fsp3) is 0.250. The molecule has 0 aliphatic heterocycles. The lowest BCUT2D eigenvalue weighted by molar-refractivity contribution is -0.120. The van der Waals surface area contributed by atoms with E-state index in [2.05, 4.69) is 47.9 Å². The molecule has 2 aromatic carbocycles. The molecule has 3 aromatic rings. The summed E-state index contributed by atoms with van der Waals surface area (Å²) in [6.45, 7) is 2.74. The summed E-state index contributed by atoms with van der Waals surface area (Å²) in [5, 5.41) is 8.34. The number of carbonyl (C=O) groups is 2. The maximum Gasteiger partial charge on any atom is 0.337 e. The number of hydrogen-bond donors (Lipinski definition) is 2. The Kier molecular flexibility index (Phi) is 7.76. The van der Waals surface area contributed by atoms with Crippen molar-refractivity contribution in [3.63, 3.8) is 0 Å². The molecule has 0 spiro atoms. The molecular formula is C24H26N2O3S. The first-order valence-electron chi connectivity index (χ1n) is 9.90. The number of esters is 1. The van der Waals surface area contributed by atoms with Gasteiger partial charge in [0.2, 0.25) is 5.91 Å². The third kappa shape index (κ3) is 5.78. The van der Waals surface area contributed by atoms with Gasteiger partial charge in [-0.05, 0) is 46.7 Å². The van der Waals surface area contributed by atoms with Crippen molar-refractivity contribution >= 4 is 23.2 Å². The highest BCUT2D eigenvalue weighted by atomic mass is 32.1. The lowest BCUT2D eigenvalue weighted by Crippen LogP contribution is -2.35. The van der Waals surface area contributed by atoms with Crippen LogP contribution in [0.2, 0.25) is 0 Å². The lowest BCUT2D eigenvalue weighted by atomic mass is 10.0. The molecule has 156 valence electrons. The van der Waals surface area contributed by atoms with E-state index in [0.29, 0.717) is 12.1 Å². The molecule has 0 saturated carbocycles. The van der Waals surface area contributed by atoms with E-state index < -0.39 is 0 Å². The van der Waals surface area contributed by atoms with Gasteiger partial charge in [0.05, 0.1) is 25.3 Å². The Hall–Kier alpha value is -2.96. The molecule has 5 nitrogen and oxygen atoms in total. The minimum atomic E-state index is -0.374. The number of benzene rings is 2. The monoisotopic (exact) mass is 422 g/mol. The molecule has 2 N–H and O–H groups in total. The Morgan fingerprint density at radius 2 is 1.70 bits per heavy atom. The van der Waals surface area contributed by atoms with Crippen molar-refractivity contribution < 1.29 is 14.3 Å². The highest BCUT2D eigenvalue weighted by Gasteiger charge is 2.16. The van der Waals surface area contributed by atoms with Crippen LogP contribution in [0, 0.1) is 0 Å². The highest BCUT2D eigenvalue weighted by Crippen LogP contribution is 2.26. The number of amides is 1. The van der Waals surface area contributed by atoms with E-state index in [-0.39, 0.29) is 24.5 Å². The van der Waals surface area contributed by atoms with Crippen molar-refractivity contribution in [2.45, 2.75) is 25.9 Å². The van der Waals surface area contributed by atoms with Crippen LogP contribution in [0.3, 0.4) is 0 Å². The normalized spacial score (nSPS) is 11.7. The molecule has 0 saturated heterocycles. The van der Waals surface area contributed by atoms with Crippen molar-refractivity contribution in [3.05, 3.63) is 93.2 Å². The summed E-state index contributed by atoms with van der Waals surface area (Å²) in [7, 11) is 1.35. The summed E-state index contributed by atoms with van der Waals surface area (Å²) in [4.78, 5) is 25.1. The van der Waals surface area contributed by atoms with Crippen LogP contribution in [0.1, 0.15) is 44.9 Å². The second-order valence-corrected chi connectivity index (χ2v) is 7.87. The third-order valence-corrected chi connectivity index (χ3v) is 5.82. The first kappa shape index (κ1) is 21.7. The van der Waals surface area contributed by atoms with Gasteiger partial charge in [-0.1, -0.05) is 49.4 Å². The highest BCUT2D eigenvalue weighted by molar-refractivity contribution is 7.10. The largest absolute Gasteiger partial charge is 0.465 e. The fourth-order valence-electron chi connectivity index (χ4n) is 3.12. The van der Waals surface area contributed by atoms with E-state index in [0.717, 1.165) is 17.5 Å². The van der Waals surface area contributed by atoms with Gasteiger partial charge in [0.15, 0.2) is 0 Å². The zero-order chi connectivity index (χ0) is 21.3. The summed E-state index contributed by atoms with van der Waals surface area (Å²) >= 11 is 1.67. The van der Waals surface area contributed by atoms with Crippen LogP contribution in [0.4, 0.5) is 0 Å². The Labute approximate surface area is 181 Å². The van der Waals surface area contributed by atoms with E-state index in [1.165, 1.54) is 17.6 Å². The summed E-state index contributed by atoms with van der Waals surface area (Å²) in [6, 6.07) is 19.6. The number of rotatable bonds is 9. The molecule has 0 unspecified atom stereocenters.